The van der Waals surface area contributed by atoms with Crippen molar-refractivity contribution in [3.63, 3.8) is 0 Å². The van der Waals surface area contributed by atoms with Crippen LogP contribution in [0.3, 0.4) is 0 Å². The molecule has 2 aromatic rings. The topological polar surface area (TPSA) is 58.6 Å². The molecule has 0 aliphatic rings. The van der Waals surface area contributed by atoms with Crippen LogP contribution in [0.4, 0.5) is 4.79 Å². The molecule has 0 heterocycles. The van der Waals surface area contributed by atoms with Crippen LogP contribution in [0.1, 0.15) is 39.4 Å². The fourth-order valence-corrected chi connectivity index (χ4v) is 2.35. The largest absolute Gasteiger partial charge is 0.444 e. The summed E-state index contributed by atoms with van der Waals surface area (Å²) in [6.07, 6.45) is -1.34. The van der Waals surface area contributed by atoms with E-state index in [4.69, 9.17) is 4.74 Å². The van der Waals surface area contributed by atoms with Crippen molar-refractivity contribution in [2.45, 2.75) is 45.4 Å². The number of aliphatic hydroxyl groups excluding tert-OH is 1. The Bertz CT molecular complexity index is 655. The van der Waals surface area contributed by atoms with Crippen molar-refractivity contribution < 1.29 is 14.6 Å². The standard InChI is InChI=1S/C18H23NO3/c1-12(19-17(21)22-18(2,3)4)16(20)15-11-7-9-13-8-5-6-10-14(13)15/h5-12,16,20H,1-4H3,(H,19,21)/t12-,16?/m0/s1. The van der Waals surface area contributed by atoms with Gasteiger partial charge >= 0.3 is 6.09 Å². The SMILES string of the molecule is C[C@H](NC(=O)OC(C)(C)C)C(O)c1cccc2ccccc12. The van der Waals surface area contributed by atoms with Crippen molar-refractivity contribution in [1.82, 2.24) is 5.32 Å². The van der Waals surface area contributed by atoms with Gasteiger partial charge in [-0.2, -0.15) is 0 Å². The number of aliphatic hydroxyl groups is 1. The molecular formula is C18H23NO3. The molecule has 0 bridgehead atoms. The van der Waals surface area contributed by atoms with Gasteiger partial charge in [0.2, 0.25) is 0 Å². The first-order valence-electron chi connectivity index (χ1n) is 7.43. The summed E-state index contributed by atoms with van der Waals surface area (Å²) in [6, 6.07) is 13.2. The van der Waals surface area contributed by atoms with Crippen LogP contribution >= 0.6 is 0 Å². The molecule has 0 radical (unpaired) electrons. The zero-order valence-electron chi connectivity index (χ0n) is 13.5. The van der Waals surface area contributed by atoms with Crippen molar-refractivity contribution >= 4 is 16.9 Å². The lowest BCUT2D eigenvalue weighted by atomic mass is 9.97. The molecule has 4 heteroatoms. The average Bonchev–Trinajstić information content (AvgIpc) is 2.43. The predicted octanol–water partition coefficient (Wildman–Crippen LogP) is 3.79. The Labute approximate surface area is 131 Å². The number of hydrogen-bond acceptors (Lipinski definition) is 3. The maximum atomic E-state index is 11.8. The van der Waals surface area contributed by atoms with Crippen LogP contribution in [0.2, 0.25) is 0 Å². The van der Waals surface area contributed by atoms with Gasteiger partial charge in [-0.3, -0.25) is 0 Å². The van der Waals surface area contributed by atoms with E-state index in [0.29, 0.717) is 0 Å². The van der Waals surface area contributed by atoms with Crippen molar-refractivity contribution in [3.8, 4) is 0 Å². The van der Waals surface area contributed by atoms with Gasteiger partial charge in [-0.25, -0.2) is 4.79 Å². The summed E-state index contributed by atoms with van der Waals surface area (Å²) in [7, 11) is 0. The number of carbonyl (C=O) groups excluding carboxylic acids is 1. The van der Waals surface area contributed by atoms with E-state index < -0.39 is 23.8 Å². The van der Waals surface area contributed by atoms with Gasteiger partial charge < -0.3 is 15.2 Å². The molecule has 0 fully saturated rings. The normalized spacial score (nSPS) is 14.4. The summed E-state index contributed by atoms with van der Waals surface area (Å²) < 4.78 is 5.22. The fraction of sp³-hybridized carbons (Fsp3) is 0.389. The van der Waals surface area contributed by atoms with E-state index >= 15 is 0 Å². The van der Waals surface area contributed by atoms with Crippen LogP contribution < -0.4 is 5.32 Å². The van der Waals surface area contributed by atoms with Crippen LogP contribution in [-0.2, 0) is 4.74 Å². The van der Waals surface area contributed by atoms with Crippen LogP contribution in [-0.4, -0.2) is 22.8 Å². The predicted molar refractivity (Wildman–Crippen MR) is 87.7 cm³/mol. The van der Waals surface area contributed by atoms with Crippen molar-refractivity contribution in [1.29, 1.82) is 0 Å². The molecule has 1 amide bonds. The average molecular weight is 301 g/mol. The molecule has 2 aromatic carbocycles. The Morgan fingerprint density at radius 2 is 1.77 bits per heavy atom. The second kappa shape index (κ2) is 6.36. The minimum absolute atomic E-state index is 0.458. The number of amides is 1. The first kappa shape index (κ1) is 16.3. The maximum Gasteiger partial charge on any atom is 0.407 e. The second-order valence-corrected chi connectivity index (χ2v) is 6.45. The van der Waals surface area contributed by atoms with E-state index in [1.165, 1.54) is 0 Å². The molecular weight excluding hydrogens is 278 g/mol. The number of hydrogen-bond donors (Lipinski definition) is 2. The van der Waals surface area contributed by atoms with Gasteiger partial charge in [-0.1, -0.05) is 42.5 Å². The Morgan fingerprint density at radius 1 is 1.14 bits per heavy atom. The van der Waals surface area contributed by atoms with Gasteiger partial charge in [-0.05, 0) is 44.0 Å². The maximum absolute atomic E-state index is 11.8. The van der Waals surface area contributed by atoms with Gasteiger partial charge in [0.15, 0.2) is 0 Å². The number of rotatable bonds is 3. The van der Waals surface area contributed by atoms with E-state index in [-0.39, 0.29) is 0 Å². The number of nitrogens with one attached hydrogen (secondary N) is 1. The van der Waals surface area contributed by atoms with E-state index in [1.807, 2.05) is 42.5 Å². The van der Waals surface area contributed by atoms with Crippen LogP contribution in [0.5, 0.6) is 0 Å². The smallest absolute Gasteiger partial charge is 0.407 e. The zero-order valence-corrected chi connectivity index (χ0v) is 13.5. The fourth-order valence-electron chi connectivity index (χ4n) is 2.35. The molecule has 118 valence electrons. The Kier molecular flexibility index (Phi) is 4.71. The van der Waals surface area contributed by atoms with Gasteiger partial charge in [0.25, 0.3) is 0 Å². The van der Waals surface area contributed by atoms with Gasteiger partial charge in [0.1, 0.15) is 5.60 Å². The summed E-state index contributed by atoms with van der Waals surface area (Å²) >= 11 is 0. The van der Waals surface area contributed by atoms with E-state index in [9.17, 15) is 9.90 Å². The van der Waals surface area contributed by atoms with Gasteiger partial charge in [-0.15, -0.1) is 0 Å². The minimum atomic E-state index is -0.807. The summed E-state index contributed by atoms with van der Waals surface area (Å²) in [6.45, 7) is 7.17. The third kappa shape index (κ3) is 3.98. The quantitative estimate of drug-likeness (QED) is 0.907. The molecule has 0 saturated carbocycles. The molecule has 2 N–H and O–H groups in total. The molecule has 1 unspecified atom stereocenters. The van der Waals surface area contributed by atoms with Crippen LogP contribution in [0.15, 0.2) is 42.5 Å². The highest BCUT2D eigenvalue weighted by atomic mass is 16.6. The molecule has 0 saturated heterocycles. The lowest BCUT2D eigenvalue weighted by molar-refractivity contribution is 0.0437. The Balaban J connectivity index is 2.16. The lowest BCUT2D eigenvalue weighted by Gasteiger charge is -2.25. The monoisotopic (exact) mass is 301 g/mol. The molecule has 2 rings (SSSR count). The molecule has 0 aliphatic carbocycles. The van der Waals surface area contributed by atoms with Gasteiger partial charge in [0, 0.05) is 0 Å². The third-order valence-electron chi connectivity index (χ3n) is 3.36. The molecule has 4 nitrogen and oxygen atoms in total. The zero-order chi connectivity index (χ0) is 16.3. The van der Waals surface area contributed by atoms with E-state index in [1.54, 1.807) is 27.7 Å². The van der Waals surface area contributed by atoms with Crippen LogP contribution in [0.25, 0.3) is 10.8 Å². The van der Waals surface area contributed by atoms with Crippen LogP contribution in [0, 0.1) is 0 Å². The first-order chi connectivity index (χ1) is 10.3. The highest BCUT2D eigenvalue weighted by Gasteiger charge is 2.23. The van der Waals surface area contributed by atoms with E-state index in [2.05, 4.69) is 5.32 Å². The van der Waals surface area contributed by atoms with Crippen molar-refractivity contribution in [2.24, 2.45) is 0 Å². The molecule has 0 aromatic heterocycles. The van der Waals surface area contributed by atoms with Crippen molar-refractivity contribution in [3.05, 3.63) is 48.0 Å². The van der Waals surface area contributed by atoms with E-state index in [0.717, 1.165) is 16.3 Å². The lowest BCUT2D eigenvalue weighted by Crippen LogP contribution is -2.40. The Morgan fingerprint density at radius 3 is 2.45 bits per heavy atom. The second-order valence-electron chi connectivity index (χ2n) is 6.45. The summed E-state index contributed by atoms with van der Waals surface area (Å²) in [5.41, 5.74) is 0.232. The highest BCUT2D eigenvalue weighted by molar-refractivity contribution is 5.86. The summed E-state index contributed by atoms with van der Waals surface area (Å²) in [5, 5.41) is 15.3. The van der Waals surface area contributed by atoms with Gasteiger partial charge in [0.05, 0.1) is 12.1 Å². The number of benzene rings is 2. The number of carbonyl (C=O) groups is 1. The molecule has 0 aliphatic heterocycles. The molecule has 0 spiro atoms. The molecule has 2 atom stereocenters. The van der Waals surface area contributed by atoms with Crippen molar-refractivity contribution in [2.75, 3.05) is 0 Å². The Hall–Kier alpha value is -2.07. The minimum Gasteiger partial charge on any atom is -0.444 e. The summed E-state index contributed by atoms with van der Waals surface area (Å²) in [5.74, 6) is 0. The first-order valence-corrected chi connectivity index (χ1v) is 7.43. The number of alkyl carbamates (subject to hydrolysis) is 1. The highest BCUT2D eigenvalue weighted by Crippen LogP contribution is 2.26. The number of ether oxygens (including phenoxy) is 1. The molecule has 22 heavy (non-hydrogen) atoms. The third-order valence-corrected chi connectivity index (χ3v) is 3.36. The summed E-state index contributed by atoms with van der Waals surface area (Å²) in [4.78, 5) is 11.8. The number of fused-ring (bicyclic) bond motifs is 1.